The maximum Gasteiger partial charge on any atom is 0.158 e. The van der Waals surface area contributed by atoms with E-state index < -0.39 is 0 Å². The summed E-state index contributed by atoms with van der Waals surface area (Å²) in [7, 11) is 0. The second-order valence-corrected chi connectivity index (χ2v) is 4.69. The van der Waals surface area contributed by atoms with E-state index >= 15 is 0 Å². The molecule has 0 aliphatic rings. The molecule has 0 bridgehead atoms. The van der Waals surface area contributed by atoms with E-state index in [0.29, 0.717) is 17.4 Å². The van der Waals surface area contributed by atoms with Crippen LogP contribution in [0.2, 0.25) is 5.15 Å². The van der Waals surface area contributed by atoms with Gasteiger partial charge in [-0.1, -0.05) is 37.6 Å². The fraction of sp³-hybridized carbons (Fsp3) is 0.231. The van der Waals surface area contributed by atoms with Gasteiger partial charge < -0.3 is 11.1 Å². The van der Waals surface area contributed by atoms with Crippen molar-refractivity contribution in [2.45, 2.75) is 19.8 Å². The lowest BCUT2D eigenvalue weighted by atomic mass is 10.0. The van der Waals surface area contributed by atoms with Gasteiger partial charge in [-0.2, -0.15) is 0 Å². The summed E-state index contributed by atoms with van der Waals surface area (Å²) in [5, 5.41) is 3.40. The predicted molar refractivity (Wildman–Crippen MR) is 75.3 cm³/mol. The minimum absolute atomic E-state index is 0.257. The monoisotopic (exact) mass is 262 g/mol. The van der Waals surface area contributed by atoms with Crippen LogP contribution in [0.4, 0.5) is 17.2 Å². The average Bonchev–Trinajstić information content (AvgIpc) is 2.35. The Morgan fingerprint density at radius 3 is 2.78 bits per heavy atom. The molecule has 4 nitrogen and oxygen atoms in total. The lowest BCUT2D eigenvalue weighted by Gasteiger charge is -2.11. The number of anilines is 3. The number of rotatable bonds is 3. The molecule has 0 saturated heterocycles. The number of benzene rings is 1. The molecule has 0 radical (unpaired) electrons. The standard InChI is InChI=1S/C13H15ClN4/c1-8(2)9-4-3-5-10(6-9)18-13-11(15)12(14)16-7-17-13/h3-8H,15H2,1-2H3,(H,16,17,18). The van der Waals surface area contributed by atoms with Crippen molar-refractivity contribution in [2.24, 2.45) is 0 Å². The van der Waals surface area contributed by atoms with Crippen LogP contribution in [0.15, 0.2) is 30.6 Å². The van der Waals surface area contributed by atoms with Crippen molar-refractivity contribution in [3.8, 4) is 0 Å². The normalized spacial score (nSPS) is 10.7. The van der Waals surface area contributed by atoms with Gasteiger partial charge in [0.2, 0.25) is 0 Å². The van der Waals surface area contributed by atoms with E-state index in [4.69, 9.17) is 17.3 Å². The van der Waals surface area contributed by atoms with Crippen LogP contribution in [0.3, 0.4) is 0 Å². The molecule has 2 rings (SSSR count). The summed E-state index contributed by atoms with van der Waals surface area (Å²) in [6.07, 6.45) is 1.38. The van der Waals surface area contributed by atoms with E-state index in [1.807, 2.05) is 12.1 Å². The smallest absolute Gasteiger partial charge is 0.158 e. The summed E-state index contributed by atoms with van der Waals surface area (Å²) < 4.78 is 0. The Hall–Kier alpha value is -1.81. The molecule has 18 heavy (non-hydrogen) atoms. The quantitative estimate of drug-likeness (QED) is 0.830. The number of hydrogen-bond donors (Lipinski definition) is 2. The van der Waals surface area contributed by atoms with E-state index in [-0.39, 0.29) is 5.15 Å². The van der Waals surface area contributed by atoms with Gasteiger partial charge in [0.25, 0.3) is 0 Å². The van der Waals surface area contributed by atoms with E-state index in [1.165, 1.54) is 11.9 Å². The minimum Gasteiger partial charge on any atom is -0.393 e. The van der Waals surface area contributed by atoms with Gasteiger partial charge in [-0.15, -0.1) is 0 Å². The number of nitrogen functional groups attached to an aromatic ring is 1. The van der Waals surface area contributed by atoms with E-state index in [1.54, 1.807) is 0 Å². The predicted octanol–water partition coefficient (Wildman–Crippen LogP) is 3.58. The molecular weight excluding hydrogens is 248 g/mol. The van der Waals surface area contributed by atoms with Gasteiger partial charge in [0.05, 0.1) is 0 Å². The molecule has 0 spiro atoms. The van der Waals surface area contributed by atoms with E-state index in [0.717, 1.165) is 5.69 Å². The van der Waals surface area contributed by atoms with Crippen molar-refractivity contribution in [2.75, 3.05) is 11.1 Å². The Bertz CT molecular complexity index is 554. The van der Waals surface area contributed by atoms with Gasteiger partial charge in [0.15, 0.2) is 11.0 Å². The molecule has 1 aromatic heterocycles. The highest BCUT2D eigenvalue weighted by Gasteiger charge is 2.07. The first-order chi connectivity index (χ1) is 8.58. The number of nitrogens with two attached hydrogens (primary N) is 1. The highest BCUT2D eigenvalue weighted by atomic mass is 35.5. The third-order valence-electron chi connectivity index (χ3n) is 2.65. The molecule has 0 saturated carbocycles. The lowest BCUT2D eigenvalue weighted by molar-refractivity contribution is 0.867. The Morgan fingerprint density at radius 2 is 2.06 bits per heavy atom. The van der Waals surface area contributed by atoms with Crippen LogP contribution in [0.25, 0.3) is 0 Å². The first-order valence-electron chi connectivity index (χ1n) is 5.71. The topological polar surface area (TPSA) is 63.8 Å². The van der Waals surface area contributed by atoms with Gasteiger partial charge in [-0.3, -0.25) is 0 Å². The Morgan fingerprint density at radius 1 is 1.28 bits per heavy atom. The Labute approximate surface area is 111 Å². The fourth-order valence-electron chi connectivity index (χ4n) is 1.59. The van der Waals surface area contributed by atoms with Gasteiger partial charge >= 0.3 is 0 Å². The molecule has 0 aliphatic carbocycles. The number of nitrogens with zero attached hydrogens (tertiary/aromatic N) is 2. The van der Waals surface area contributed by atoms with Crippen LogP contribution < -0.4 is 11.1 Å². The van der Waals surface area contributed by atoms with Crippen molar-refractivity contribution in [1.29, 1.82) is 0 Å². The molecule has 1 aromatic carbocycles. The first kappa shape index (κ1) is 12.6. The van der Waals surface area contributed by atoms with E-state index in [2.05, 4.69) is 41.3 Å². The SMILES string of the molecule is CC(C)c1cccc(Nc2ncnc(Cl)c2N)c1. The molecule has 94 valence electrons. The van der Waals surface area contributed by atoms with Crippen molar-refractivity contribution in [1.82, 2.24) is 9.97 Å². The zero-order valence-corrected chi connectivity index (χ0v) is 11.1. The van der Waals surface area contributed by atoms with E-state index in [9.17, 15) is 0 Å². The Kier molecular flexibility index (Phi) is 3.67. The van der Waals surface area contributed by atoms with Gasteiger partial charge in [0, 0.05) is 5.69 Å². The van der Waals surface area contributed by atoms with Crippen LogP contribution in [0, 0.1) is 0 Å². The summed E-state index contributed by atoms with van der Waals surface area (Å²) in [4.78, 5) is 7.89. The Balaban J connectivity index is 2.28. The van der Waals surface area contributed by atoms with Gasteiger partial charge in [0.1, 0.15) is 12.0 Å². The molecule has 0 aliphatic heterocycles. The molecule has 3 N–H and O–H groups in total. The zero-order valence-electron chi connectivity index (χ0n) is 10.3. The largest absolute Gasteiger partial charge is 0.393 e. The summed E-state index contributed by atoms with van der Waals surface area (Å²) in [6, 6.07) is 8.12. The molecule has 0 fully saturated rings. The summed E-state index contributed by atoms with van der Waals surface area (Å²) >= 11 is 5.85. The van der Waals surface area contributed by atoms with Crippen molar-refractivity contribution < 1.29 is 0 Å². The van der Waals surface area contributed by atoms with Gasteiger partial charge in [-0.05, 0) is 23.6 Å². The second kappa shape index (κ2) is 5.23. The van der Waals surface area contributed by atoms with Gasteiger partial charge in [-0.25, -0.2) is 9.97 Å². The first-order valence-corrected chi connectivity index (χ1v) is 6.08. The van der Waals surface area contributed by atoms with Crippen LogP contribution in [0.5, 0.6) is 0 Å². The molecular formula is C13H15ClN4. The maximum absolute atomic E-state index is 5.85. The molecule has 0 amide bonds. The van der Waals surface area contributed by atoms with Crippen LogP contribution in [-0.2, 0) is 0 Å². The zero-order chi connectivity index (χ0) is 13.1. The number of hydrogen-bond acceptors (Lipinski definition) is 4. The lowest BCUT2D eigenvalue weighted by Crippen LogP contribution is -2.01. The molecule has 5 heteroatoms. The van der Waals surface area contributed by atoms with Crippen LogP contribution in [-0.4, -0.2) is 9.97 Å². The van der Waals surface area contributed by atoms with Crippen molar-refractivity contribution >= 4 is 28.8 Å². The number of nitrogens with one attached hydrogen (secondary N) is 1. The summed E-state index contributed by atoms with van der Waals surface area (Å²) in [5.41, 5.74) is 8.35. The number of aromatic nitrogens is 2. The molecule has 1 heterocycles. The van der Waals surface area contributed by atoms with Crippen LogP contribution in [0.1, 0.15) is 25.3 Å². The fourth-order valence-corrected chi connectivity index (χ4v) is 1.72. The summed E-state index contributed by atoms with van der Waals surface area (Å²) in [6.45, 7) is 4.30. The molecule has 0 unspecified atom stereocenters. The summed E-state index contributed by atoms with van der Waals surface area (Å²) in [5.74, 6) is 0.994. The second-order valence-electron chi connectivity index (χ2n) is 4.33. The maximum atomic E-state index is 5.85. The van der Waals surface area contributed by atoms with Crippen molar-refractivity contribution in [3.63, 3.8) is 0 Å². The molecule has 0 atom stereocenters. The molecule has 2 aromatic rings. The number of halogens is 1. The third kappa shape index (κ3) is 2.71. The minimum atomic E-state index is 0.257. The third-order valence-corrected chi connectivity index (χ3v) is 2.95. The van der Waals surface area contributed by atoms with Crippen molar-refractivity contribution in [3.05, 3.63) is 41.3 Å². The highest BCUT2D eigenvalue weighted by molar-refractivity contribution is 6.32. The highest BCUT2D eigenvalue weighted by Crippen LogP contribution is 2.26. The average molecular weight is 263 g/mol. The van der Waals surface area contributed by atoms with Crippen LogP contribution >= 0.6 is 11.6 Å².